The van der Waals surface area contributed by atoms with Gasteiger partial charge < -0.3 is 9.47 Å². The van der Waals surface area contributed by atoms with Crippen molar-refractivity contribution >= 4 is 0 Å². The number of alkyl halides is 3. The third-order valence-electron chi connectivity index (χ3n) is 6.34. The fourth-order valence-corrected chi connectivity index (χ4v) is 4.65. The molecule has 0 unspecified atom stereocenters. The van der Waals surface area contributed by atoms with E-state index in [0.717, 1.165) is 56.6 Å². The molecule has 2 aliphatic rings. The smallest absolute Gasteiger partial charge is 0.315 e. The van der Waals surface area contributed by atoms with Gasteiger partial charge in [0.2, 0.25) is 0 Å². The van der Waals surface area contributed by atoms with E-state index in [4.69, 9.17) is 0 Å². The second-order valence-corrected chi connectivity index (χ2v) is 8.26. The van der Waals surface area contributed by atoms with Crippen molar-refractivity contribution in [3.8, 4) is 0 Å². The molecular weight excluding hydrogens is 365 g/mol. The van der Waals surface area contributed by atoms with Gasteiger partial charge in [0.05, 0.1) is 5.56 Å². The van der Waals surface area contributed by atoms with E-state index >= 15 is 0 Å². The second kappa shape index (κ2) is 7.07. The van der Waals surface area contributed by atoms with E-state index in [1.807, 2.05) is 25.3 Å². The number of nitrogens with zero attached hydrogens (tertiary/aromatic N) is 2. The third kappa shape index (κ3) is 3.62. The molecule has 1 aromatic carbocycles. The lowest BCUT2D eigenvalue weighted by atomic mass is 9.94. The summed E-state index contributed by atoms with van der Waals surface area (Å²) in [5.74, 6) is 0.559. The Labute approximate surface area is 162 Å². The van der Waals surface area contributed by atoms with Crippen LogP contribution in [0.3, 0.4) is 0 Å². The molecule has 2 heterocycles. The van der Waals surface area contributed by atoms with Crippen LogP contribution in [0.1, 0.15) is 36.0 Å². The normalized spacial score (nSPS) is 24.4. The highest BCUT2D eigenvalue weighted by Crippen LogP contribution is 2.59. The number of aromatic nitrogens is 1. The minimum Gasteiger partial charge on any atom is -0.315 e. The van der Waals surface area contributed by atoms with Gasteiger partial charge in [-0.25, -0.2) is 0 Å². The van der Waals surface area contributed by atoms with Gasteiger partial charge in [-0.3, -0.25) is 4.79 Å². The summed E-state index contributed by atoms with van der Waals surface area (Å²) in [6.07, 6.45) is 0.585. The molecule has 0 N–H and O–H groups in total. The number of rotatable bonds is 6. The number of hydrogen-bond acceptors (Lipinski definition) is 2. The highest BCUT2D eigenvalue weighted by molar-refractivity contribution is 5.39. The Hall–Kier alpha value is -2.08. The first kappa shape index (κ1) is 19.2. The van der Waals surface area contributed by atoms with E-state index in [2.05, 4.69) is 4.90 Å². The maximum atomic E-state index is 12.8. The van der Waals surface area contributed by atoms with Crippen molar-refractivity contribution in [3.05, 3.63) is 69.6 Å². The number of likely N-dealkylation sites (tertiary alicyclic amines) is 1. The summed E-state index contributed by atoms with van der Waals surface area (Å²) in [6, 6.07) is 9.48. The summed E-state index contributed by atoms with van der Waals surface area (Å²) < 4.78 is 40.1. The van der Waals surface area contributed by atoms with Crippen molar-refractivity contribution in [2.75, 3.05) is 19.6 Å². The topological polar surface area (TPSA) is 25.2 Å². The summed E-state index contributed by atoms with van der Waals surface area (Å²) in [6.45, 7) is 5.47. The molecule has 1 aliphatic heterocycles. The average molecular weight is 390 g/mol. The van der Waals surface area contributed by atoms with Gasteiger partial charge in [0.25, 0.3) is 5.56 Å². The first-order valence-corrected chi connectivity index (χ1v) is 9.86. The molecule has 1 aliphatic carbocycles. The molecule has 28 heavy (non-hydrogen) atoms. The van der Waals surface area contributed by atoms with Crippen LogP contribution in [0.5, 0.6) is 0 Å². The summed E-state index contributed by atoms with van der Waals surface area (Å²) in [5, 5.41) is 0. The van der Waals surface area contributed by atoms with Crippen molar-refractivity contribution in [2.45, 2.75) is 44.3 Å². The number of pyridine rings is 1. The van der Waals surface area contributed by atoms with E-state index in [1.54, 1.807) is 16.7 Å². The van der Waals surface area contributed by atoms with Crippen LogP contribution in [0.4, 0.5) is 13.2 Å². The molecule has 1 saturated carbocycles. The zero-order valence-electron chi connectivity index (χ0n) is 16.0. The SMILES string of the molecule is Cc1cccn(CCCCN2C[C@@H]3C[C@]3(c3ccc(C(F)(F)F)cc3)C2)c1=O. The van der Waals surface area contributed by atoms with Crippen molar-refractivity contribution in [1.29, 1.82) is 0 Å². The lowest BCUT2D eigenvalue weighted by molar-refractivity contribution is -0.137. The van der Waals surface area contributed by atoms with E-state index in [9.17, 15) is 18.0 Å². The molecule has 150 valence electrons. The first-order valence-electron chi connectivity index (χ1n) is 9.86. The maximum absolute atomic E-state index is 12.8. The Morgan fingerprint density at radius 2 is 1.82 bits per heavy atom. The molecule has 1 aromatic heterocycles. The summed E-state index contributed by atoms with van der Waals surface area (Å²) in [7, 11) is 0. The summed E-state index contributed by atoms with van der Waals surface area (Å²) in [5.41, 5.74) is 1.36. The van der Waals surface area contributed by atoms with Gasteiger partial charge in [-0.05, 0) is 62.4 Å². The van der Waals surface area contributed by atoms with E-state index in [0.29, 0.717) is 5.92 Å². The summed E-state index contributed by atoms with van der Waals surface area (Å²) in [4.78, 5) is 14.5. The molecule has 0 bridgehead atoms. The van der Waals surface area contributed by atoms with E-state index in [-0.39, 0.29) is 11.0 Å². The molecule has 1 saturated heterocycles. The lowest BCUT2D eigenvalue weighted by Gasteiger charge is -2.21. The van der Waals surface area contributed by atoms with Crippen LogP contribution in [0.25, 0.3) is 0 Å². The lowest BCUT2D eigenvalue weighted by Crippen LogP contribution is -2.28. The zero-order chi connectivity index (χ0) is 19.9. The fourth-order valence-electron chi connectivity index (χ4n) is 4.65. The van der Waals surface area contributed by atoms with Gasteiger partial charge in [-0.2, -0.15) is 13.2 Å². The number of fused-ring (bicyclic) bond motifs is 1. The quantitative estimate of drug-likeness (QED) is 0.690. The van der Waals surface area contributed by atoms with Crippen LogP contribution >= 0.6 is 0 Å². The van der Waals surface area contributed by atoms with Crippen LogP contribution in [0, 0.1) is 12.8 Å². The van der Waals surface area contributed by atoms with Gasteiger partial charge in [-0.1, -0.05) is 18.2 Å². The highest BCUT2D eigenvalue weighted by atomic mass is 19.4. The number of unbranched alkanes of at least 4 members (excludes halogenated alkanes) is 1. The van der Waals surface area contributed by atoms with E-state index in [1.165, 1.54) is 12.1 Å². The molecule has 0 amide bonds. The maximum Gasteiger partial charge on any atom is 0.416 e. The third-order valence-corrected chi connectivity index (χ3v) is 6.34. The standard InChI is InChI=1S/C22H25F3N2O/c1-16-5-4-12-27(20(16)28)11-3-2-10-26-14-19-13-21(19,15-26)17-6-8-18(9-7-17)22(23,24)25/h4-9,12,19H,2-3,10-11,13-15H2,1H3/t19-,21+/m0/s1. The highest BCUT2D eigenvalue weighted by Gasteiger charge is 2.60. The zero-order valence-corrected chi connectivity index (χ0v) is 16.0. The Bertz CT molecular complexity index is 903. The molecule has 2 fully saturated rings. The Morgan fingerprint density at radius 1 is 1.11 bits per heavy atom. The molecule has 3 nitrogen and oxygen atoms in total. The van der Waals surface area contributed by atoms with Crippen molar-refractivity contribution in [2.24, 2.45) is 5.92 Å². The van der Waals surface area contributed by atoms with Crippen molar-refractivity contribution < 1.29 is 13.2 Å². The van der Waals surface area contributed by atoms with Gasteiger partial charge in [0, 0.05) is 36.8 Å². The number of aryl methyl sites for hydroxylation is 2. The molecule has 2 aromatic rings. The van der Waals surface area contributed by atoms with E-state index < -0.39 is 11.7 Å². The number of piperidine rings is 1. The van der Waals surface area contributed by atoms with Crippen LogP contribution in [-0.2, 0) is 18.1 Å². The van der Waals surface area contributed by atoms with Crippen molar-refractivity contribution in [3.63, 3.8) is 0 Å². The Morgan fingerprint density at radius 3 is 2.54 bits per heavy atom. The Balaban J connectivity index is 1.29. The number of benzene rings is 1. The molecule has 4 rings (SSSR count). The Kier molecular flexibility index (Phi) is 4.86. The predicted octanol–water partition coefficient (Wildman–Crippen LogP) is 4.23. The first-order chi connectivity index (χ1) is 13.3. The van der Waals surface area contributed by atoms with Gasteiger partial charge in [0.1, 0.15) is 0 Å². The molecular formula is C22H25F3N2O. The van der Waals surface area contributed by atoms with Crippen molar-refractivity contribution in [1.82, 2.24) is 9.47 Å². The molecule has 2 atom stereocenters. The molecule has 0 spiro atoms. The minimum absolute atomic E-state index is 0.0532. The molecule has 6 heteroatoms. The number of halogens is 3. The van der Waals surface area contributed by atoms with Gasteiger partial charge >= 0.3 is 6.18 Å². The number of hydrogen-bond donors (Lipinski definition) is 0. The van der Waals surface area contributed by atoms with Gasteiger partial charge in [-0.15, -0.1) is 0 Å². The summed E-state index contributed by atoms with van der Waals surface area (Å²) >= 11 is 0. The minimum atomic E-state index is -4.28. The van der Waals surface area contributed by atoms with Crippen LogP contribution in [0.15, 0.2) is 47.4 Å². The second-order valence-electron chi connectivity index (χ2n) is 8.26. The molecule has 0 radical (unpaired) electrons. The average Bonchev–Trinajstić information content (AvgIpc) is 3.23. The van der Waals surface area contributed by atoms with Crippen LogP contribution in [0.2, 0.25) is 0 Å². The predicted molar refractivity (Wildman–Crippen MR) is 102 cm³/mol. The monoisotopic (exact) mass is 390 g/mol. The van der Waals surface area contributed by atoms with Crippen LogP contribution < -0.4 is 5.56 Å². The fraction of sp³-hybridized carbons (Fsp3) is 0.500. The van der Waals surface area contributed by atoms with Crippen LogP contribution in [-0.4, -0.2) is 29.1 Å². The largest absolute Gasteiger partial charge is 0.416 e. The van der Waals surface area contributed by atoms with Gasteiger partial charge in [0.15, 0.2) is 0 Å².